The zero-order valence-corrected chi connectivity index (χ0v) is 14.8. The summed E-state index contributed by atoms with van der Waals surface area (Å²) in [7, 11) is 1.83. The molecule has 5 heteroatoms. The van der Waals surface area contributed by atoms with Crippen LogP contribution in [0.25, 0.3) is 10.9 Å². The van der Waals surface area contributed by atoms with Crippen molar-refractivity contribution in [2.24, 2.45) is 0 Å². The van der Waals surface area contributed by atoms with Crippen LogP contribution in [0.15, 0.2) is 41.8 Å². The number of aromatic nitrogens is 1. The number of aryl methyl sites for hydroxylation is 1. The highest BCUT2D eigenvalue weighted by atomic mass is 35.5. The molecule has 3 nitrogen and oxygen atoms in total. The number of nitrogens with zero attached hydrogens (tertiary/aromatic N) is 2. The molecule has 1 aromatic carbocycles. The Balaban J connectivity index is 1.98. The Hall–Kier alpha value is -1.91. The zero-order valence-electron chi connectivity index (χ0n) is 13.2. The van der Waals surface area contributed by atoms with Crippen LogP contribution in [-0.2, 0) is 0 Å². The van der Waals surface area contributed by atoms with Crippen molar-refractivity contribution in [2.75, 3.05) is 7.05 Å². The molecule has 3 rings (SSSR count). The summed E-state index contributed by atoms with van der Waals surface area (Å²) in [5.74, 6) is -0.0298. The molecule has 1 amide bonds. The Labute approximate surface area is 144 Å². The number of carbonyl (C=O) groups is 1. The van der Waals surface area contributed by atoms with E-state index in [-0.39, 0.29) is 11.9 Å². The number of carbonyl (C=O) groups excluding carboxylic acids is 1. The van der Waals surface area contributed by atoms with Crippen LogP contribution in [0.3, 0.4) is 0 Å². The van der Waals surface area contributed by atoms with Gasteiger partial charge in [0.25, 0.3) is 5.91 Å². The Morgan fingerprint density at radius 2 is 2.09 bits per heavy atom. The SMILES string of the molecule is Cc1nc2ccc(Cl)cc2cc1C(=O)N(C)C(C)c1cccs1. The highest BCUT2D eigenvalue weighted by molar-refractivity contribution is 7.10. The van der Waals surface area contributed by atoms with Gasteiger partial charge < -0.3 is 4.90 Å². The molecule has 0 radical (unpaired) electrons. The normalized spacial score (nSPS) is 12.3. The Bertz CT molecular complexity index is 861. The summed E-state index contributed by atoms with van der Waals surface area (Å²) in [4.78, 5) is 20.3. The molecule has 0 aliphatic heterocycles. The highest BCUT2D eigenvalue weighted by Gasteiger charge is 2.22. The molecular weight excluding hydrogens is 328 g/mol. The molecule has 0 fully saturated rings. The number of thiophene rings is 1. The third-order valence-corrected chi connectivity index (χ3v) is 5.33. The van der Waals surface area contributed by atoms with E-state index in [9.17, 15) is 4.79 Å². The minimum atomic E-state index is -0.0298. The molecule has 118 valence electrons. The summed E-state index contributed by atoms with van der Waals surface area (Å²) in [6.07, 6.45) is 0. The average molecular weight is 345 g/mol. The lowest BCUT2D eigenvalue weighted by Crippen LogP contribution is -2.30. The van der Waals surface area contributed by atoms with Crippen molar-refractivity contribution in [3.05, 3.63) is 62.9 Å². The van der Waals surface area contributed by atoms with Crippen molar-refractivity contribution in [1.82, 2.24) is 9.88 Å². The summed E-state index contributed by atoms with van der Waals surface area (Å²) < 4.78 is 0. The van der Waals surface area contributed by atoms with Gasteiger partial charge in [-0.3, -0.25) is 9.78 Å². The second kappa shape index (κ2) is 6.30. The fraction of sp³-hybridized carbons (Fsp3) is 0.222. The number of amides is 1. The molecule has 2 heterocycles. The van der Waals surface area contributed by atoms with E-state index >= 15 is 0 Å². The van der Waals surface area contributed by atoms with Gasteiger partial charge in [0.1, 0.15) is 0 Å². The van der Waals surface area contributed by atoms with E-state index < -0.39 is 0 Å². The summed E-state index contributed by atoms with van der Waals surface area (Å²) in [5.41, 5.74) is 2.19. The van der Waals surface area contributed by atoms with Crippen LogP contribution in [0.2, 0.25) is 5.02 Å². The van der Waals surface area contributed by atoms with Crippen LogP contribution in [0, 0.1) is 6.92 Å². The lowest BCUT2D eigenvalue weighted by atomic mass is 10.1. The van der Waals surface area contributed by atoms with Crippen molar-refractivity contribution in [2.45, 2.75) is 19.9 Å². The number of fused-ring (bicyclic) bond motifs is 1. The van der Waals surface area contributed by atoms with Gasteiger partial charge in [0.05, 0.1) is 22.8 Å². The first kappa shape index (κ1) is 16.0. The molecule has 0 aliphatic rings. The monoisotopic (exact) mass is 344 g/mol. The molecule has 0 aliphatic carbocycles. The number of halogens is 1. The van der Waals surface area contributed by atoms with Gasteiger partial charge in [-0.1, -0.05) is 17.7 Å². The minimum Gasteiger partial charge on any atom is -0.334 e. The number of hydrogen-bond acceptors (Lipinski definition) is 3. The lowest BCUT2D eigenvalue weighted by molar-refractivity contribution is 0.0744. The van der Waals surface area contributed by atoms with Gasteiger partial charge in [-0.05, 0) is 49.6 Å². The van der Waals surface area contributed by atoms with E-state index in [1.807, 2.05) is 62.7 Å². The van der Waals surface area contributed by atoms with E-state index in [4.69, 9.17) is 11.6 Å². The Kier molecular flexibility index (Phi) is 4.37. The van der Waals surface area contributed by atoms with Crippen molar-refractivity contribution >= 4 is 39.7 Å². The Morgan fingerprint density at radius 3 is 2.78 bits per heavy atom. The van der Waals surface area contributed by atoms with Crippen molar-refractivity contribution < 1.29 is 4.79 Å². The standard InChI is InChI=1S/C18H17ClN2OS/c1-11-15(10-13-9-14(19)6-7-16(13)20-11)18(22)21(3)12(2)17-5-4-8-23-17/h4-10,12H,1-3H3. The summed E-state index contributed by atoms with van der Waals surface area (Å²) >= 11 is 7.70. The topological polar surface area (TPSA) is 33.2 Å². The molecule has 0 bridgehead atoms. The Morgan fingerprint density at radius 1 is 1.30 bits per heavy atom. The first-order valence-corrected chi connectivity index (χ1v) is 8.60. The quantitative estimate of drug-likeness (QED) is 0.663. The van der Waals surface area contributed by atoms with Crippen LogP contribution in [0.1, 0.15) is 33.9 Å². The molecule has 2 aromatic heterocycles. The van der Waals surface area contributed by atoms with E-state index in [0.717, 1.165) is 21.5 Å². The minimum absolute atomic E-state index is 0.0250. The summed E-state index contributed by atoms with van der Waals surface area (Å²) in [6, 6.07) is 11.5. The fourth-order valence-electron chi connectivity index (χ4n) is 2.55. The highest BCUT2D eigenvalue weighted by Crippen LogP contribution is 2.27. The maximum Gasteiger partial charge on any atom is 0.255 e. The molecule has 23 heavy (non-hydrogen) atoms. The number of pyridine rings is 1. The number of rotatable bonds is 3. The number of hydrogen-bond donors (Lipinski definition) is 0. The molecule has 0 saturated heterocycles. The number of benzene rings is 1. The van der Waals surface area contributed by atoms with Crippen molar-refractivity contribution in [1.29, 1.82) is 0 Å². The summed E-state index contributed by atoms with van der Waals surface area (Å²) in [6.45, 7) is 3.90. The third-order valence-electron chi connectivity index (χ3n) is 4.05. The van der Waals surface area contributed by atoms with Gasteiger partial charge in [0.15, 0.2) is 0 Å². The van der Waals surface area contributed by atoms with Crippen LogP contribution < -0.4 is 0 Å². The molecular formula is C18H17ClN2OS. The van der Waals surface area contributed by atoms with Gasteiger partial charge in [-0.25, -0.2) is 0 Å². The smallest absolute Gasteiger partial charge is 0.255 e. The van der Waals surface area contributed by atoms with Crippen LogP contribution >= 0.6 is 22.9 Å². The van der Waals surface area contributed by atoms with E-state index in [1.54, 1.807) is 16.2 Å². The average Bonchev–Trinajstić information content (AvgIpc) is 3.07. The molecule has 1 atom stereocenters. The maximum absolute atomic E-state index is 12.9. The van der Waals surface area contributed by atoms with Gasteiger partial charge >= 0.3 is 0 Å². The molecule has 0 N–H and O–H groups in total. The summed E-state index contributed by atoms with van der Waals surface area (Å²) in [5, 5.41) is 3.54. The third kappa shape index (κ3) is 3.09. The van der Waals surface area contributed by atoms with E-state index in [2.05, 4.69) is 4.98 Å². The predicted molar refractivity (Wildman–Crippen MR) is 96.3 cm³/mol. The molecule has 0 spiro atoms. The second-order valence-electron chi connectivity index (χ2n) is 5.57. The molecule has 0 saturated carbocycles. The van der Waals surface area contributed by atoms with Gasteiger partial charge in [-0.2, -0.15) is 0 Å². The molecule has 3 aromatic rings. The van der Waals surface area contributed by atoms with E-state index in [1.165, 1.54) is 0 Å². The first-order valence-electron chi connectivity index (χ1n) is 7.35. The van der Waals surface area contributed by atoms with E-state index in [0.29, 0.717) is 10.6 Å². The molecule has 1 unspecified atom stereocenters. The van der Waals surface area contributed by atoms with Gasteiger partial charge in [0.2, 0.25) is 0 Å². The van der Waals surface area contributed by atoms with Crippen molar-refractivity contribution in [3.63, 3.8) is 0 Å². The van der Waals surface area contributed by atoms with Crippen molar-refractivity contribution in [3.8, 4) is 0 Å². The predicted octanol–water partition coefficient (Wildman–Crippen LogP) is 5.09. The maximum atomic E-state index is 12.9. The lowest BCUT2D eigenvalue weighted by Gasteiger charge is -2.24. The largest absolute Gasteiger partial charge is 0.334 e. The second-order valence-corrected chi connectivity index (χ2v) is 6.98. The fourth-order valence-corrected chi connectivity index (χ4v) is 3.55. The van der Waals surface area contributed by atoms with Gasteiger partial charge in [-0.15, -0.1) is 11.3 Å². The van der Waals surface area contributed by atoms with Crippen LogP contribution in [0.5, 0.6) is 0 Å². The zero-order chi connectivity index (χ0) is 16.6. The van der Waals surface area contributed by atoms with Gasteiger partial charge in [0, 0.05) is 22.3 Å². The van der Waals surface area contributed by atoms with Crippen LogP contribution in [0.4, 0.5) is 0 Å². The van der Waals surface area contributed by atoms with Crippen LogP contribution in [-0.4, -0.2) is 22.8 Å². The first-order chi connectivity index (χ1) is 11.0.